The average Bonchev–Trinajstić information content (AvgIpc) is 2.79. The molecule has 0 radical (unpaired) electrons. The predicted molar refractivity (Wildman–Crippen MR) is 127 cm³/mol. The number of rotatable bonds is 9. The van der Waals surface area contributed by atoms with Crippen molar-refractivity contribution in [2.75, 3.05) is 6.67 Å². The van der Waals surface area contributed by atoms with E-state index in [0.29, 0.717) is 17.0 Å². The maximum absolute atomic E-state index is 14.2. The summed E-state index contributed by atoms with van der Waals surface area (Å²) in [6, 6.07) is 4.94. The Bertz CT molecular complexity index is 697. The lowest BCUT2D eigenvalue weighted by Gasteiger charge is -2.37. The van der Waals surface area contributed by atoms with Crippen LogP contribution in [-0.2, 0) is 6.42 Å². The minimum absolute atomic E-state index is 0.273. The van der Waals surface area contributed by atoms with Gasteiger partial charge in [0.25, 0.3) is 0 Å². The summed E-state index contributed by atoms with van der Waals surface area (Å²) in [6.07, 6.45) is 19.5. The topological polar surface area (TPSA) is 0 Å². The van der Waals surface area contributed by atoms with Gasteiger partial charge in [0.2, 0.25) is 0 Å². The second-order valence-corrected chi connectivity index (χ2v) is 10.1. The zero-order chi connectivity index (χ0) is 21.9. The first-order valence-electron chi connectivity index (χ1n) is 13.1. The number of aryl methyl sites for hydroxylation is 1. The summed E-state index contributed by atoms with van der Waals surface area (Å²) in [4.78, 5) is 0. The number of hydrogen-bond donors (Lipinski definition) is 0. The Hall–Kier alpha value is -1.36. The molecule has 172 valence electrons. The van der Waals surface area contributed by atoms with Crippen molar-refractivity contribution in [2.45, 2.75) is 103 Å². The second kappa shape index (κ2) is 13.2. The van der Waals surface area contributed by atoms with E-state index in [0.717, 1.165) is 30.6 Å². The highest BCUT2D eigenvalue weighted by atomic mass is 19.1. The second-order valence-electron chi connectivity index (χ2n) is 10.1. The van der Waals surface area contributed by atoms with Crippen molar-refractivity contribution in [1.82, 2.24) is 0 Å². The molecule has 0 amide bonds. The number of halogens is 2. The van der Waals surface area contributed by atoms with Crippen LogP contribution in [0.2, 0.25) is 0 Å². The summed E-state index contributed by atoms with van der Waals surface area (Å²) >= 11 is 0. The average molecular weight is 429 g/mol. The van der Waals surface area contributed by atoms with Crippen LogP contribution in [0.25, 0.3) is 0 Å². The molecule has 31 heavy (non-hydrogen) atoms. The van der Waals surface area contributed by atoms with Gasteiger partial charge >= 0.3 is 0 Å². The predicted octanol–water partition coefficient (Wildman–Crippen LogP) is 8.66. The molecule has 0 aliphatic heterocycles. The van der Waals surface area contributed by atoms with Gasteiger partial charge in [-0.3, -0.25) is 4.39 Å². The highest BCUT2D eigenvalue weighted by Crippen LogP contribution is 2.42. The molecule has 2 aliphatic carbocycles. The van der Waals surface area contributed by atoms with E-state index in [1.54, 1.807) is 12.1 Å². The van der Waals surface area contributed by atoms with Gasteiger partial charge in [0, 0.05) is 12.3 Å². The Balaban J connectivity index is 1.37. The van der Waals surface area contributed by atoms with Gasteiger partial charge in [0.15, 0.2) is 0 Å². The molecule has 1 aromatic rings. The van der Waals surface area contributed by atoms with Gasteiger partial charge in [-0.15, -0.1) is 0 Å². The zero-order valence-electron chi connectivity index (χ0n) is 19.6. The third kappa shape index (κ3) is 7.93. The van der Waals surface area contributed by atoms with Crippen molar-refractivity contribution in [3.05, 3.63) is 35.1 Å². The lowest BCUT2D eigenvalue weighted by molar-refractivity contribution is 0.153. The first-order chi connectivity index (χ1) is 15.2. The minimum Gasteiger partial charge on any atom is -0.251 e. The quantitative estimate of drug-likeness (QED) is 0.273. The van der Waals surface area contributed by atoms with E-state index in [9.17, 15) is 8.78 Å². The van der Waals surface area contributed by atoms with E-state index in [1.165, 1.54) is 83.1 Å². The van der Waals surface area contributed by atoms with Crippen LogP contribution in [0.1, 0.15) is 108 Å². The van der Waals surface area contributed by atoms with E-state index in [2.05, 4.69) is 18.8 Å². The Kier molecular flexibility index (Phi) is 10.4. The number of alkyl halides is 1. The fourth-order valence-electron chi connectivity index (χ4n) is 5.82. The molecule has 0 aromatic heterocycles. The van der Waals surface area contributed by atoms with Crippen LogP contribution in [-0.4, -0.2) is 6.67 Å². The molecule has 0 spiro atoms. The number of unbranched alkanes of at least 4 members (excludes halogenated alkanes) is 4. The Labute approximate surface area is 189 Å². The van der Waals surface area contributed by atoms with Crippen LogP contribution < -0.4 is 0 Å². The van der Waals surface area contributed by atoms with Crippen molar-refractivity contribution in [3.63, 3.8) is 0 Å². The van der Waals surface area contributed by atoms with Crippen LogP contribution in [0, 0.1) is 41.3 Å². The molecule has 0 saturated heterocycles. The highest BCUT2D eigenvalue weighted by Gasteiger charge is 2.30. The SMILES string of the molecule is CCCCCCCC1CCC(C2CCC(C#Cc3ccc(CCF)cc3F)CC2)CC1. The maximum Gasteiger partial charge on any atom is 0.139 e. The van der Waals surface area contributed by atoms with Crippen molar-refractivity contribution >= 4 is 0 Å². The summed E-state index contributed by atoms with van der Waals surface area (Å²) in [5, 5.41) is 0. The van der Waals surface area contributed by atoms with Gasteiger partial charge in [-0.05, 0) is 74.0 Å². The van der Waals surface area contributed by atoms with Crippen LogP contribution in [0.5, 0.6) is 0 Å². The van der Waals surface area contributed by atoms with Crippen LogP contribution in [0.15, 0.2) is 18.2 Å². The summed E-state index contributed by atoms with van der Waals surface area (Å²) < 4.78 is 26.6. The monoisotopic (exact) mass is 428 g/mol. The number of hydrogen-bond acceptors (Lipinski definition) is 0. The fourth-order valence-corrected chi connectivity index (χ4v) is 5.82. The molecule has 2 heteroatoms. The molecule has 2 saturated carbocycles. The largest absolute Gasteiger partial charge is 0.251 e. The highest BCUT2D eigenvalue weighted by molar-refractivity contribution is 5.38. The van der Waals surface area contributed by atoms with Gasteiger partial charge < -0.3 is 0 Å². The first kappa shape index (κ1) is 24.3. The molecule has 0 atom stereocenters. The molecular formula is C29H42F2. The standard InChI is InChI=1S/C29H42F2/c1-2-3-4-5-6-7-23-8-14-26(15-9-23)27-16-10-24(11-17-27)12-18-28-19-13-25(20-21-30)22-29(28)31/h13,19,22-24,26-27H,2-11,14-17,20-21H2,1H3. The van der Waals surface area contributed by atoms with E-state index >= 15 is 0 Å². The Morgan fingerprint density at radius 2 is 1.55 bits per heavy atom. The first-order valence-corrected chi connectivity index (χ1v) is 13.1. The Morgan fingerprint density at radius 3 is 2.19 bits per heavy atom. The van der Waals surface area contributed by atoms with E-state index in [-0.39, 0.29) is 12.2 Å². The number of benzene rings is 1. The molecular weight excluding hydrogens is 386 g/mol. The van der Waals surface area contributed by atoms with Crippen LogP contribution >= 0.6 is 0 Å². The van der Waals surface area contributed by atoms with Crippen LogP contribution in [0.4, 0.5) is 8.78 Å². The smallest absolute Gasteiger partial charge is 0.139 e. The molecule has 2 fully saturated rings. The van der Waals surface area contributed by atoms with E-state index < -0.39 is 6.67 Å². The van der Waals surface area contributed by atoms with Gasteiger partial charge in [0.1, 0.15) is 5.82 Å². The third-order valence-electron chi connectivity index (χ3n) is 7.87. The molecule has 0 unspecified atom stereocenters. The normalized spacial score (nSPS) is 26.3. The lowest BCUT2D eigenvalue weighted by atomic mass is 9.69. The molecule has 0 heterocycles. The van der Waals surface area contributed by atoms with Gasteiger partial charge in [-0.25, -0.2) is 4.39 Å². The van der Waals surface area contributed by atoms with Crippen molar-refractivity contribution in [3.8, 4) is 11.8 Å². The minimum atomic E-state index is -0.450. The van der Waals surface area contributed by atoms with Crippen molar-refractivity contribution in [1.29, 1.82) is 0 Å². The molecule has 0 N–H and O–H groups in total. The maximum atomic E-state index is 14.2. The summed E-state index contributed by atoms with van der Waals surface area (Å²) in [5.74, 6) is 9.31. The van der Waals surface area contributed by atoms with Crippen LogP contribution in [0.3, 0.4) is 0 Å². The molecule has 3 rings (SSSR count). The summed E-state index contributed by atoms with van der Waals surface area (Å²) in [7, 11) is 0. The third-order valence-corrected chi connectivity index (χ3v) is 7.87. The van der Waals surface area contributed by atoms with Gasteiger partial charge in [-0.1, -0.05) is 76.2 Å². The summed E-state index contributed by atoms with van der Waals surface area (Å²) in [5.41, 5.74) is 1.16. The summed E-state index contributed by atoms with van der Waals surface area (Å²) in [6.45, 7) is 1.84. The fraction of sp³-hybridized carbons (Fsp3) is 0.724. The van der Waals surface area contributed by atoms with Gasteiger partial charge in [0.05, 0.1) is 12.2 Å². The Morgan fingerprint density at radius 1 is 0.871 bits per heavy atom. The molecule has 1 aromatic carbocycles. The van der Waals surface area contributed by atoms with Crippen molar-refractivity contribution < 1.29 is 8.78 Å². The van der Waals surface area contributed by atoms with E-state index in [4.69, 9.17) is 0 Å². The van der Waals surface area contributed by atoms with E-state index in [1.807, 2.05) is 0 Å². The van der Waals surface area contributed by atoms with Gasteiger partial charge in [-0.2, -0.15) is 0 Å². The van der Waals surface area contributed by atoms with Crippen molar-refractivity contribution in [2.24, 2.45) is 23.7 Å². The zero-order valence-corrected chi connectivity index (χ0v) is 19.6. The lowest BCUT2D eigenvalue weighted by Crippen LogP contribution is -2.25. The molecule has 2 aliphatic rings. The molecule has 0 nitrogen and oxygen atoms in total. The molecule has 0 bridgehead atoms.